The van der Waals surface area contributed by atoms with E-state index < -0.39 is 0 Å². The van der Waals surface area contributed by atoms with E-state index in [1.54, 1.807) is 0 Å². The van der Waals surface area contributed by atoms with E-state index in [4.69, 9.17) is 11.6 Å². The van der Waals surface area contributed by atoms with Crippen LogP contribution in [0.2, 0.25) is 0 Å². The maximum atomic E-state index is 6.04. The smallest absolute Gasteiger partial charge is 0.0283 e. The Morgan fingerprint density at radius 2 is 2.25 bits per heavy atom. The van der Waals surface area contributed by atoms with Crippen molar-refractivity contribution in [2.45, 2.75) is 45.4 Å². The highest BCUT2D eigenvalue weighted by Gasteiger charge is 2.27. The molecule has 0 aliphatic heterocycles. The van der Waals surface area contributed by atoms with E-state index in [0.717, 1.165) is 5.88 Å². The molecule has 1 rings (SSSR count). The van der Waals surface area contributed by atoms with Crippen molar-refractivity contribution in [3.63, 3.8) is 0 Å². The number of allylic oxidation sites excluding steroid dienone is 2. The molecule has 0 amide bonds. The van der Waals surface area contributed by atoms with Crippen molar-refractivity contribution in [1.29, 1.82) is 0 Å². The fourth-order valence-electron chi connectivity index (χ4n) is 1.91. The zero-order valence-corrected chi connectivity index (χ0v) is 8.74. The van der Waals surface area contributed by atoms with Crippen molar-refractivity contribution in [2.75, 3.05) is 5.88 Å². The Morgan fingerprint density at radius 1 is 1.42 bits per heavy atom. The minimum atomic E-state index is 0.451. The maximum Gasteiger partial charge on any atom is 0.0283 e. The predicted molar refractivity (Wildman–Crippen MR) is 55.7 cm³/mol. The van der Waals surface area contributed by atoms with Gasteiger partial charge in [0, 0.05) is 5.88 Å². The molecule has 1 aliphatic rings. The Balaban J connectivity index is 2.44. The zero-order valence-electron chi connectivity index (χ0n) is 7.98. The molecule has 0 spiro atoms. The van der Waals surface area contributed by atoms with Gasteiger partial charge in [-0.2, -0.15) is 0 Å². The van der Waals surface area contributed by atoms with Gasteiger partial charge in [0.2, 0.25) is 0 Å². The summed E-state index contributed by atoms with van der Waals surface area (Å²) in [5, 5.41) is 0. The maximum absolute atomic E-state index is 6.04. The van der Waals surface area contributed by atoms with E-state index in [-0.39, 0.29) is 0 Å². The summed E-state index contributed by atoms with van der Waals surface area (Å²) in [5.74, 6) is 0.845. The SMILES string of the molecule is CCCCC1(CCl)CC=CCC1. The van der Waals surface area contributed by atoms with Gasteiger partial charge in [-0.25, -0.2) is 0 Å². The van der Waals surface area contributed by atoms with Gasteiger partial charge >= 0.3 is 0 Å². The summed E-state index contributed by atoms with van der Waals surface area (Å²) < 4.78 is 0. The van der Waals surface area contributed by atoms with Gasteiger partial charge in [-0.1, -0.05) is 31.9 Å². The van der Waals surface area contributed by atoms with Gasteiger partial charge in [0.15, 0.2) is 0 Å². The average molecular weight is 187 g/mol. The molecule has 0 aromatic carbocycles. The number of hydrogen-bond donors (Lipinski definition) is 0. The van der Waals surface area contributed by atoms with Crippen LogP contribution in [0.4, 0.5) is 0 Å². The first-order valence-electron chi connectivity index (χ1n) is 5.04. The molecule has 12 heavy (non-hydrogen) atoms. The monoisotopic (exact) mass is 186 g/mol. The van der Waals surface area contributed by atoms with E-state index in [9.17, 15) is 0 Å². The first kappa shape index (κ1) is 10.1. The Hall–Kier alpha value is 0.0300. The molecule has 1 aliphatic carbocycles. The van der Waals surface area contributed by atoms with E-state index >= 15 is 0 Å². The highest BCUT2D eigenvalue weighted by atomic mass is 35.5. The summed E-state index contributed by atoms with van der Waals surface area (Å²) in [7, 11) is 0. The lowest BCUT2D eigenvalue weighted by molar-refractivity contribution is 0.265. The zero-order chi connectivity index (χ0) is 8.86. The number of unbranched alkanes of at least 4 members (excludes halogenated alkanes) is 1. The van der Waals surface area contributed by atoms with E-state index in [1.807, 2.05) is 0 Å². The van der Waals surface area contributed by atoms with Gasteiger partial charge in [0.05, 0.1) is 0 Å². The molecule has 0 N–H and O–H groups in total. The molecule has 0 saturated carbocycles. The van der Waals surface area contributed by atoms with E-state index in [2.05, 4.69) is 19.1 Å². The summed E-state index contributed by atoms with van der Waals surface area (Å²) in [6.07, 6.45) is 12.3. The fraction of sp³-hybridized carbons (Fsp3) is 0.818. The molecular weight excluding hydrogens is 168 g/mol. The molecule has 0 aromatic rings. The standard InChI is InChI=1S/C11H19Cl/c1-2-3-7-11(10-12)8-5-4-6-9-11/h4-5H,2-3,6-10H2,1H3. The number of halogens is 1. The van der Waals surface area contributed by atoms with E-state index in [1.165, 1.54) is 38.5 Å². The predicted octanol–water partition coefficient (Wildman–Crippen LogP) is 4.14. The Morgan fingerprint density at radius 3 is 2.75 bits per heavy atom. The highest BCUT2D eigenvalue weighted by molar-refractivity contribution is 6.18. The summed E-state index contributed by atoms with van der Waals surface area (Å²) in [5.41, 5.74) is 0.451. The van der Waals surface area contributed by atoms with Crippen LogP contribution in [-0.4, -0.2) is 5.88 Å². The Kier molecular flexibility index (Phi) is 4.14. The van der Waals surface area contributed by atoms with Crippen LogP contribution >= 0.6 is 11.6 Å². The molecule has 0 heterocycles. The van der Waals surface area contributed by atoms with Crippen LogP contribution in [0.25, 0.3) is 0 Å². The van der Waals surface area contributed by atoms with Crippen molar-refractivity contribution in [1.82, 2.24) is 0 Å². The van der Waals surface area contributed by atoms with Crippen molar-refractivity contribution >= 4 is 11.6 Å². The summed E-state index contributed by atoms with van der Waals surface area (Å²) in [6.45, 7) is 2.25. The molecule has 0 radical (unpaired) electrons. The molecule has 0 bridgehead atoms. The van der Waals surface area contributed by atoms with Crippen molar-refractivity contribution in [2.24, 2.45) is 5.41 Å². The molecule has 1 heteroatoms. The lowest BCUT2D eigenvalue weighted by Gasteiger charge is -2.32. The summed E-state index contributed by atoms with van der Waals surface area (Å²) >= 11 is 6.04. The molecule has 1 atom stereocenters. The van der Waals surface area contributed by atoms with Crippen LogP contribution in [0.3, 0.4) is 0 Å². The van der Waals surface area contributed by atoms with Crippen molar-refractivity contribution < 1.29 is 0 Å². The lowest BCUT2D eigenvalue weighted by Crippen LogP contribution is -2.23. The van der Waals surface area contributed by atoms with Gasteiger partial charge in [0.25, 0.3) is 0 Å². The van der Waals surface area contributed by atoms with E-state index in [0.29, 0.717) is 5.41 Å². The van der Waals surface area contributed by atoms with Crippen LogP contribution in [-0.2, 0) is 0 Å². The molecule has 0 saturated heterocycles. The Bertz CT molecular complexity index is 151. The number of alkyl halides is 1. The normalized spacial score (nSPS) is 29.2. The molecule has 0 fully saturated rings. The van der Waals surface area contributed by atoms with Gasteiger partial charge in [0.1, 0.15) is 0 Å². The third kappa shape index (κ3) is 2.52. The van der Waals surface area contributed by atoms with Crippen LogP contribution in [0.15, 0.2) is 12.2 Å². The van der Waals surface area contributed by atoms with Gasteiger partial charge in [-0.05, 0) is 31.1 Å². The van der Waals surface area contributed by atoms with Gasteiger partial charge in [-0.3, -0.25) is 0 Å². The second kappa shape index (κ2) is 4.91. The minimum Gasteiger partial charge on any atom is -0.126 e. The number of rotatable bonds is 4. The molecule has 1 unspecified atom stereocenters. The third-order valence-corrected chi connectivity index (χ3v) is 3.47. The second-order valence-electron chi connectivity index (χ2n) is 3.95. The first-order chi connectivity index (χ1) is 5.83. The largest absolute Gasteiger partial charge is 0.126 e. The quantitative estimate of drug-likeness (QED) is 0.457. The Labute approximate surface area is 81.0 Å². The fourth-order valence-corrected chi connectivity index (χ4v) is 2.29. The van der Waals surface area contributed by atoms with Gasteiger partial charge in [-0.15, -0.1) is 11.6 Å². The number of hydrogen-bond acceptors (Lipinski definition) is 0. The topological polar surface area (TPSA) is 0 Å². The molecule has 70 valence electrons. The molecule has 0 aromatic heterocycles. The van der Waals surface area contributed by atoms with Gasteiger partial charge < -0.3 is 0 Å². The van der Waals surface area contributed by atoms with Crippen LogP contribution in [0.5, 0.6) is 0 Å². The summed E-state index contributed by atoms with van der Waals surface area (Å²) in [4.78, 5) is 0. The minimum absolute atomic E-state index is 0.451. The lowest BCUT2D eigenvalue weighted by atomic mass is 9.75. The van der Waals surface area contributed by atoms with Crippen molar-refractivity contribution in [3.8, 4) is 0 Å². The molecular formula is C11H19Cl. The molecule has 0 nitrogen and oxygen atoms in total. The second-order valence-corrected chi connectivity index (χ2v) is 4.22. The van der Waals surface area contributed by atoms with Crippen LogP contribution in [0, 0.1) is 5.41 Å². The van der Waals surface area contributed by atoms with Crippen molar-refractivity contribution in [3.05, 3.63) is 12.2 Å². The first-order valence-corrected chi connectivity index (χ1v) is 5.57. The van der Waals surface area contributed by atoms with Crippen LogP contribution in [0.1, 0.15) is 45.4 Å². The van der Waals surface area contributed by atoms with Crippen LogP contribution < -0.4 is 0 Å². The third-order valence-electron chi connectivity index (χ3n) is 2.90. The average Bonchev–Trinajstić information content (AvgIpc) is 2.16. The highest BCUT2D eigenvalue weighted by Crippen LogP contribution is 2.38. The summed E-state index contributed by atoms with van der Waals surface area (Å²) in [6, 6.07) is 0.